The van der Waals surface area contributed by atoms with Gasteiger partial charge in [-0.3, -0.25) is 5.10 Å². The van der Waals surface area contributed by atoms with Gasteiger partial charge in [-0.25, -0.2) is 0 Å². The first-order valence-corrected chi connectivity index (χ1v) is 6.17. The van der Waals surface area contributed by atoms with E-state index in [1.807, 2.05) is 18.3 Å². The minimum Gasteiger partial charge on any atom is -0.380 e. The molecule has 1 aromatic carbocycles. The largest absolute Gasteiger partial charge is 0.380 e. The number of aromatic amines is 1. The zero-order valence-electron chi connectivity index (χ0n) is 10.4. The molecule has 0 saturated heterocycles. The molecule has 0 spiro atoms. The van der Waals surface area contributed by atoms with Crippen LogP contribution in [0.2, 0.25) is 0 Å². The van der Waals surface area contributed by atoms with Crippen LogP contribution in [-0.4, -0.2) is 14.8 Å². The number of hydrogen-bond acceptors (Lipinski definition) is 2. The Morgan fingerprint density at radius 3 is 3.11 bits per heavy atom. The molecule has 3 rings (SSSR count). The molecule has 2 N–H and O–H groups in total. The Kier molecular flexibility index (Phi) is 2.76. The third-order valence-electron chi connectivity index (χ3n) is 3.14. The van der Waals surface area contributed by atoms with Crippen molar-refractivity contribution in [1.29, 1.82) is 0 Å². The fourth-order valence-corrected chi connectivity index (χ4v) is 2.11. The summed E-state index contributed by atoms with van der Waals surface area (Å²) >= 11 is 0. The third-order valence-corrected chi connectivity index (χ3v) is 3.14. The molecule has 4 nitrogen and oxygen atoms in total. The van der Waals surface area contributed by atoms with E-state index >= 15 is 0 Å². The Morgan fingerprint density at radius 1 is 1.33 bits per heavy atom. The predicted molar refractivity (Wildman–Crippen MR) is 73.5 cm³/mol. The van der Waals surface area contributed by atoms with Crippen LogP contribution >= 0.6 is 0 Å². The van der Waals surface area contributed by atoms with Crippen LogP contribution in [0.5, 0.6) is 0 Å². The zero-order chi connectivity index (χ0) is 12.4. The van der Waals surface area contributed by atoms with Gasteiger partial charge < -0.3 is 9.88 Å². The number of H-pyrrole nitrogens is 1. The Bertz CT molecular complexity index is 650. The maximum Gasteiger partial charge on any atom is 0.0671 e. The standard InChI is InChI=1S/C14H16N4/c1-2-18-7-6-11(10-18)8-15-13-4-3-5-14-12(13)9-16-17-14/h3-7,9-10,15H,2,8H2,1H3,(H,16,17). The lowest BCUT2D eigenvalue weighted by Gasteiger charge is -2.06. The number of aryl methyl sites for hydroxylation is 1. The van der Waals surface area contributed by atoms with Crippen LogP contribution in [0.15, 0.2) is 42.9 Å². The first kappa shape index (κ1) is 10.9. The molecule has 18 heavy (non-hydrogen) atoms. The fourth-order valence-electron chi connectivity index (χ4n) is 2.11. The van der Waals surface area contributed by atoms with Gasteiger partial charge in [-0.2, -0.15) is 5.10 Å². The average molecular weight is 240 g/mol. The van der Waals surface area contributed by atoms with E-state index in [9.17, 15) is 0 Å². The van der Waals surface area contributed by atoms with Crippen molar-refractivity contribution in [2.75, 3.05) is 5.32 Å². The second-order valence-electron chi connectivity index (χ2n) is 4.34. The third kappa shape index (κ3) is 1.97. The number of fused-ring (bicyclic) bond motifs is 1. The van der Waals surface area contributed by atoms with Crippen LogP contribution in [-0.2, 0) is 13.1 Å². The molecular weight excluding hydrogens is 224 g/mol. The lowest BCUT2D eigenvalue weighted by molar-refractivity contribution is 0.766. The summed E-state index contributed by atoms with van der Waals surface area (Å²) in [5.41, 5.74) is 3.47. The van der Waals surface area contributed by atoms with Gasteiger partial charge in [0.2, 0.25) is 0 Å². The topological polar surface area (TPSA) is 45.6 Å². The average Bonchev–Trinajstić information content (AvgIpc) is 3.05. The van der Waals surface area contributed by atoms with Crippen LogP contribution in [0.1, 0.15) is 12.5 Å². The van der Waals surface area contributed by atoms with Gasteiger partial charge >= 0.3 is 0 Å². The predicted octanol–water partition coefficient (Wildman–Crippen LogP) is 3.00. The fraction of sp³-hybridized carbons (Fsp3) is 0.214. The second-order valence-corrected chi connectivity index (χ2v) is 4.34. The van der Waals surface area contributed by atoms with Gasteiger partial charge in [0.05, 0.1) is 11.7 Å². The molecule has 0 aliphatic carbocycles. The van der Waals surface area contributed by atoms with Crippen molar-refractivity contribution >= 4 is 16.6 Å². The van der Waals surface area contributed by atoms with E-state index in [1.54, 1.807) is 0 Å². The Labute approximate surface area is 106 Å². The maximum absolute atomic E-state index is 4.07. The highest BCUT2D eigenvalue weighted by Crippen LogP contribution is 2.21. The van der Waals surface area contributed by atoms with E-state index in [0.29, 0.717) is 0 Å². The Balaban J connectivity index is 1.78. The molecule has 0 atom stereocenters. The summed E-state index contributed by atoms with van der Waals surface area (Å²) in [6, 6.07) is 8.28. The first-order valence-electron chi connectivity index (χ1n) is 6.17. The van der Waals surface area contributed by atoms with Gasteiger partial charge in [-0.15, -0.1) is 0 Å². The smallest absolute Gasteiger partial charge is 0.0671 e. The van der Waals surface area contributed by atoms with Crippen LogP contribution in [0.25, 0.3) is 10.9 Å². The summed E-state index contributed by atoms with van der Waals surface area (Å²) in [5.74, 6) is 0. The van der Waals surface area contributed by atoms with Crippen molar-refractivity contribution in [2.45, 2.75) is 20.0 Å². The lowest BCUT2D eigenvalue weighted by atomic mass is 10.2. The molecule has 92 valence electrons. The summed E-state index contributed by atoms with van der Waals surface area (Å²) in [5, 5.41) is 11.6. The van der Waals surface area contributed by atoms with Crippen molar-refractivity contribution in [3.05, 3.63) is 48.4 Å². The van der Waals surface area contributed by atoms with E-state index < -0.39 is 0 Å². The summed E-state index contributed by atoms with van der Waals surface area (Å²) in [7, 11) is 0. The molecular formula is C14H16N4. The molecule has 0 radical (unpaired) electrons. The minimum absolute atomic E-state index is 0.831. The van der Waals surface area contributed by atoms with Gasteiger partial charge in [0.1, 0.15) is 0 Å². The molecule has 0 amide bonds. The highest BCUT2D eigenvalue weighted by Gasteiger charge is 2.02. The molecule has 0 unspecified atom stereocenters. The number of nitrogens with zero attached hydrogens (tertiary/aromatic N) is 2. The summed E-state index contributed by atoms with van der Waals surface area (Å²) < 4.78 is 2.18. The molecule has 0 fully saturated rings. The quantitative estimate of drug-likeness (QED) is 0.736. The number of aromatic nitrogens is 3. The van der Waals surface area contributed by atoms with Crippen LogP contribution in [0.3, 0.4) is 0 Å². The summed E-state index contributed by atoms with van der Waals surface area (Å²) in [4.78, 5) is 0. The zero-order valence-corrected chi connectivity index (χ0v) is 10.4. The molecule has 0 aliphatic rings. The molecule has 0 bridgehead atoms. The highest BCUT2D eigenvalue weighted by atomic mass is 15.1. The van der Waals surface area contributed by atoms with Crippen molar-refractivity contribution in [2.24, 2.45) is 0 Å². The number of rotatable bonds is 4. The monoisotopic (exact) mass is 240 g/mol. The molecule has 0 aliphatic heterocycles. The number of anilines is 1. The molecule has 3 aromatic rings. The number of benzene rings is 1. The molecule has 2 aromatic heterocycles. The van der Waals surface area contributed by atoms with Crippen molar-refractivity contribution in [3.63, 3.8) is 0 Å². The number of nitrogens with one attached hydrogen (secondary N) is 2. The minimum atomic E-state index is 0.831. The van der Waals surface area contributed by atoms with Gasteiger partial charge in [-0.05, 0) is 30.7 Å². The molecule has 0 saturated carbocycles. The first-order chi connectivity index (χ1) is 8.86. The SMILES string of the molecule is CCn1ccc(CNc2cccc3[nH]ncc23)c1. The number of hydrogen-bond donors (Lipinski definition) is 2. The maximum atomic E-state index is 4.07. The van der Waals surface area contributed by atoms with Gasteiger partial charge in [0.15, 0.2) is 0 Å². The van der Waals surface area contributed by atoms with E-state index in [2.05, 4.69) is 51.5 Å². The summed E-state index contributed by atoms with van der Waals surface area (Å²) in [6.45, 7) is 3.98. The van der Waals surface area contributed by atoms with Crippen molar-refractivity contribution < 1.29 is 0 Å². The molecule has 2 heterocycles. The Morgan fingerprint density at radius 2 is 2.28 bits per heavy atom. The van der Waals surface area contributed by atoms with Crippen molar-refractivity contribution in [3.8, 4) is 0 Å². The highest BCUT2D eigenvalue weighted by molar-refractivity contribution is 5.90. The van der Waals surface area contributed by atoms with E-state index in [1.165, 1.54) is 5.56 Å². The van der Waals surface area contributed by atoms with E-state index in [4.69, 9.17) is 0 Å². The molecule has 4 heteroatoms. The van der Waals surface area contributed by atoms with Crippen LogP contribution in [0.4, 0.5) is 5.69 Å². The lowest BCUT2D eigenvalue weighted by Crippen LogP contribution is -1.98. The second kappa shape index (κ2) is 4.56. The van der Waals surface area contributed by atoms with Gasteiger partial charge in [0, 0.05) is 36.6 Å². The normalized spacial score (nSPS) is 10.9. The van der Waals surface area contributed by atoms with E-state index in [-0.39, 0.29) is 0 Å². The van der Waals surface area contributed by atoms with Crippen LogP contribution < -0.4 is 5.32 Å². The van der Waals surface area contributed by atoms with Crippen LogP contribution in [0, 0.1) is 0 Å². The Hall–Kier alpha value is -2.23. The van der Waals surface area contributed by atoms with Gasteiger partial charge in [0.25, 0.3) is 0 Å². The van der Waals surface area contributed by atoms with Crippen molar-refractivity contribution in [1.82, 2.24) is 14.8 Å². The van der Waals surface area contributed by atoms with Gasteiger partial charge in [-0.1, -0.05) is 6.07 Å². The summed E-state index contributed by atoms with van der Waals surface area (Å²) in [6.07, 6.45) is 6.13. The van der Waals surface area contributed by atoms with E-state index in [0.717, 1.165) is 29.7 Å².